The van der Waals surface area contributed by atoms with E-state index in [1.165, 1.54) is 43.5 Å². The molecule has 1 saturated carbocycles. The van der Waals surface area contributed by atoms with E-state index in [-0.39, 0.29) is 11.1 Å². The van der Waals surface area contributed by atoms with E-state index in [1.807, 2.05) is 27.7 Å². The van der Waals surface area contributed by atoms with Crippen LogP contribution in [0, 0.1) is 23.4 Å². The first kappa shape index (κ1) is 32.0. The van der Waals surface area contributed by atoms with Gasteiger partial charge in [-0.1, -0.05) is 45.9 Å². The number of hydrogen-bond donors (Lipinski definition) is 2. The number of nitrogens with zero attached hydrogens (tertiary/aromatic N) is 1. The molecule has 8 heteroatoms. The van der Waals surface area contributed by atoms with E-state index in [1.54, 1.807) is 7.05 Å². The first-order chi connectivity index (χ1) is 16.5. The molecule has 0 radical (unpaired) electrons. The number of nitrogens with one attached hydrogen (secondary N) is 1. The van der Waals surface area contributed by atoms with Crippen LogP contribution in [0.1, 0.15) is 59.8 Å². The topological polar surface area (TPSA) is 58.4 Å². The number of rotatable bonds is 3. The summed E-state index contributed by atoms with van der Waals surface area (Å²) in [7, 11) is 1.77. The van der Waals surface area contributed by atoms with Gasteiger partial charge in [-0.2, -0.15) is 0 Å². The number of nitrogens with two attached hydrogens (primary N) is 1. The molecule has 4 rings (SSSR count). The molecular formula is C26H40F3N3OS. The van der Waals surface area contributed by atoms with Gasteiger partial charge in [0.15, 0.2) is 0 Å². The van der Waals surface area contributed by atoms with E-state index < -0.39 is 17.5 Å². The fourth-order valence-corrected chi connectivity index (χ4v) is 3.12. The monoisotopic (exact) mass is 499 g/mol. The summed E-state index contributed by atoms with van der Waals surface area (Å²) >= 11 is 1.11. The lowest BCUT2D eigenvalue weighted by atomic mass is 10.0. The molecule has 1 aliphatic heterocycles. The minimum atomic E-state index is -0.694. The third-order valence-corrected chi connectivity index (χ3v) is 5.02. The lowest BCUT2D eigenvalue weighted by molar-refractivity contribution is -0.133. The Morgan fingerprint density at radius 1 is 0.941 bits per heavy atom. The first-order valence-electron chi connectivity index (χ1n) is 12.0. The van der Waals surface area contributed by atoms with Crippen LogP contribution in [0.4, 0.5) is 13.2 Å². The summed E-state index contributed by atoms with van der Waals surface area (Å²) in [6.07, 6.45) is 6.05. The minimum Gasteiger partial charge on any atom is -0.342 e. The Balaban J connectivity index is 0.000000504. The third-order valence-electron chi connectivity index (χ3n) is 4.79. The molecule has 34 heavy (non-hydrogen) atoms. The molecule has 0 spiro atoms. The van der Waals surface area contributed by atoms with Crippen molar-refractivity contribution in [3.63, 3.8) is 0 Å². The van der Waals surface area contributed by atoms with Gasteiger partial charge in [-0.3, -0.25) is 14.7 Å². The Labute approximate surface area is 207 Å². The maximum absolute atomic E-state index is 13.3. The Hall–Kier alpha value is -2.03. The van der Waals surface area contributed by atoms with Crippen molar-refractivity contribution in [3.05, 3.63) is 59.9 Å². The van der Waals surface area contributed by atoms with Crippen molar-refractivity contribution < 1.29 is 18.0 Å². The van der Waals surface area contributed by atoms with Gasteiger partial charge < -0.3 is 4.90 Å². The van der Waals surface area contributed by atoms with Crippen molar-refractivity contribution >= 4 is 18.0 Å². The van der Waals surface area contributed by atoms with Crippen LogP contribution in [-0.2, 0) is 4.79 Å². The molecule has 2 aromatic rings. The van der Waals surface area contributed by atoms with Crippen molar-refractivity contribution in [2.45, 2.75) is 59.8 Å². The average molecular weight is 500 g/mol. The molecule has 4 nitrogen and oxygen atoms in total. The van der Waals surface area contributed by atoms with Gasteiger partial charge >= 0.3 is 0 Å². The number of amides is 1. The Morgan fingerprint density at radius 2 is 1.44 bits per heavy atom. The van der Waals surface area contributed by atoms with Crippen LogP contribution >= 0.6 is 12.1 Å². The molecule has 0 aromatic heterocycles. The lowest BCUT2D eigenvalue weighted by Crippen LogP contribution is -2.36. The number of likely N-dealkylation sites (tertiary alicyclic amines) is 1. The molecule has 0 unspecified atom stereocenters. The summed E-state index contributed by atoms with van der Waals surface area (Å²) in [6, 6.07) is 8.75. The van der Waals surface area contributed by atoms with Crippen molar-refractivity contribution in [2.24, 2.45) is 11.1 Å². The fraction of sp³-hybridized carbons (Fsp3) is 0.500. The summed E-state index contributed by atoms with van der Waals surface area (Å²) < 4.78 is 42.1. The van der Waals surface area contributed by atoms with E-state index >= 15 is 0 Å². The van der Waals surface area contributed by atoms with Crippen molar-refractivity contribution in [2.75, 3.05) is 20.1 Å². The highest BCUT2D eigenvalue weighted by Gasteiger charge is 2.33. The minimum absolute atomic E-state index is 0.197. The van der Waals surface area contributed by atoms with Crippen molar-refractivity contribution in [1.29, 1.82) is 0 Å². The molecule has 1 heterocycles. The molecule has 3 N–H and O–H groups in total. The van der Waals surface area contributed by atoms with Crippen molar-refractivity contribution in [1.82, 2.24) is 9.62 Å². The smallest absolute Gasteiger partial charge is 0.225 e. The van der Waals surface area contributed by atoms with Crippen LogP contribution in [-0.4, -0.2) is 30.9 Å². The summed E-state index contributed by atoms with van der Waals surface area (Å²) in [5.41, 5.74) is 0.00241. The Kier molecular flexibility index (Phi) is 18.1. The van der Waals surface area contributed by atoms with Gasteiger partial charge in [0, 0.05) is 19.0 Å². The van der Waals surface area contributed by atoms with Gasteiger partial charge in [0.05, 0.1) is 5.56 Å². The van der Waals surface area contributed by atoms with Crippen LogP contribution in [0.15, 0.2) is 42.5 Å². The molecule has 2 aromatic carbocycles. The van der Waals surface area contributed by atoms with Gasteiger partial charge in [0.1, 0.15) is 17.5 Å². The highest BCUT2D eigenvalue weighted by molar-refractivity contribution is 7.95. The molecule has 1 amide bonds. The predicted molar refractivity (Wildman–Crippen MR) is 138 cm³/mol. The van der Waals surface area contributed by atoms with Gasteiger partial charge in [-0.15, -0.1) is 0 Å². The first-order valence-corrected chi connectivity index (χ1v) is 12.9. The predicted octanol–water partition coefficient (Wildman–Crippen LogP) is 6.96. The summed E-state index contributed by atoms with van der Waals surface area (Å²) in [6.45, 7) is 10.0. The summed E-state index contributed by atoms with van der Waals surface area (Å²) in [5.74, 6) is -1.05. The number of benzene rings is 2. The zero-order valence-electron chi connectivity index (χ0n) is 21.0. The van der Waals surface area contributed by atoms with Crippen LogP contribution in [0.3, 0.4) is 0 Å². The second-order valence-electron chi connectivity index (χ2n) is 7.09. The third kappa shape index (κ3) is 11.9. The molecule has 1 aliphatic carbocycles. The van der Waals surface area contributed by atoms with Gasteiger partial charge in [-0.25, -0.2) is 13.2 Å². The maximum Gasteiger partial charge on any atom is 0.225 e. The second-order valence-corrected chi connectivity index (χ2v) is 7.73. The largest absolute Gasteiger partial charge is 0.342 e. The summed E-state index contributed by atoms with van der Waals surface area (Å²) in [4.78, 5) is 13.5. The normalized spacial score (nSPS) is 14.0. The average Bonchev–Trinajstić information content (AvgIpc) is 3.73. The molecule has 0 atom stereocenters. The number of halogens is 3. The van der Waals surface area contributed by atoms with Crippen LogP contribution in [0.25, 0.3) is 11.1 Å². The second kappa shape index (κ2) is 19.3. The van der Waals surface area contributed by atoms with Gasteiger partial charge in [0.25, 0.3) is 0 Å². The molecule has 0 bridgehead atoms. The maximum atomic E-state index is 13.3. The SMILES string of the molecule is CC.CC.CNSN.Fc1cccc(-c2c(F)cccc2F)c1.O=C(C1CC1)N1CCCCC1. The number of piperidine rings is 1. The number of carbonyl (C=O) groups is 1. The van der Waals surface area contributed by atoms with E-state index in [9.17, 15) is 18.0 Å². The van der Waals surface area contributed by atoms with E-state index in [0.717, 1.165) is 56.3 Å². The van der Waals surface area contributed by atoms with Crippen LogP contribution < -0.4 is 9.86 Å². The van der Waals surface area contributed by atoms with Gasteiger partial charge in [-0.05, 0) is 81.1 Å². The molecule has 1 saturated heterocycles. The molecule has 192 valence electrons. The zero-order chi connectivity index (χ0) is 25.9. The quantitative estimate of drug-likeness (QED) is 0.448. The van der Waals surface area contributed by atoms with Crippen molar-refractivity contribution in [3.8, 4) is 11.1 Å². The molecular weight excluding hydrogens is 459 g/mol. The molecule has 2 aliphatic rings. The number of hydrogen-bond acceptors (Lipinski definition) is 4. The fourth-order valence-electron chi connectivity index (χ4n) is 3.12. The highest BCUT2D eigenvalue weighted by Crippen LogP contribution is 2.31. The van der Waals surface area contributed by atoms with E-state index in [2.05, 4.69) is 9.62 Å². The summed E-state index contributed by atoms with van der Waals surface area (Å²) in [5, 5.41) is 4.83. The van der Waals surface area contributed by atoms with Gasteiger partial charge in [0.2, 0.25) is 5.91 Å². The number of carbonyl (C=O) groups excluding carboxylic acids is 1. The standard InChI is InChI=1S/C12H7F3.C9H15NO.2C2H6.CH6N2S/c13-9-4-1-3-8(7-9)12-10(14)5-2-6-11(12)15;11-9(8-4-5-8)10-6-2-1-3-7-10;2*1-2;1-3-4-2/h1-7H;8H,1-7H2;2*1-2H3;3H,2H2,1H3. The van der Waals surface area contributed by atoms with Crippen LogP contribution in [0.5, 0.6) is 0 Å². The van der Waals surface area contributed by atoms with Crippen LogP contribution in [0.2, 0.25) is 0 Å². The Morgan fingerprint density at radius 3 is 1.88 bits per heavy atom. The lowest BCUT2D eigenvalue weighted by Gasteiger charge is -2.26. The molecule has 2 fully saturated rings. The zero-order valence-corrected chi connectivity index (χ0v) is 21.9. The van der Waals surface area contributed by atoms with E-state index in [4.69, 9.17) is 5.14 Å². The highest BCUT2D eigenvalue weighted by atomic mass is 32.2. The van der Waals surface area contributed by atoms with E-state index in [0.29, 0.717) is 11.8 Å². The Bertz CT molecular complexity index is 791.